The summed E-state index contributed by atoms with van der Waals surface area (Å²) in [5.74, 6) is 4.08. The Kier molecular flexibility index (Phi) is 7.38. The van der Waals surface area contributed by atoms with Gasteiger partial charge in [-0.3, -0.25) is 4.79 Å². The van der Waals surface area contributed by atoms with Gasteiger partial charge in [-0.25, -0.2) is 9.97 Å². The van der Waals surface area contributed by atoms with Crippen molar-refractivity contribution in [3.8, 4) is 6.07 Å². The van der Waals surface area contributed by atoms with Gasteiger partial charge >= 0.3 is 0 Å². The first-order valence-corrected chi connectivity index (χ1v) is 13.1. The van der Waals surface area contributed by atoms with Crippen LogP contribution in [-0.2, 0) is 9.53 Å². The number of carbonyl (C=O) groups is 1. The maximum absolute atomic E-state index is 12.3. The highest BCUT2D eigenvalue weighted by Crippen LogP contribution is 2.50. The Labute approximate surface area is 212 Å². The molecule has 1 aromatic heterocycles. The minimum Gasteiger partial charge on any atom is -0.498 e. The normalized spacial score (nSPS) is 24.4. The number of halogens is 1. The molecule has 1 aromatic rings. The van der Waals surface area contributed by atoms with Crippen molar-refractivity contribution >= 4 is 23.5 Å². The molecule has 1 saturated carbocycles. The molecule has 0 aromatic carbocycles. The number of hydrogen-bond donors (Lipinski definition) is 0. The molecule has 1 amide bonds. The average Bonchev–Trinajstić information content (AvgIpc) is 3.63. The number of nitrogens with zero attached hydrogens (tertiary/aromatic N) is 5. The number of likely N-dealkylation sites (tertiary alicyclic amines) is 1. The third-order valence-corrected chi connectivity index (χ3v) is 7.98. The SMILES string of the molecule is N#CC1=CCC(OCCC2CC2C2CCN(c3ncc(Cl)cn3)CC2)=CC=C1CC(=O)N1CCC1. The van der Waals surface area contributed by atoms with E-state index in [4.69, 9.17) is 16.3 Å². The zero-order valence-corrected chi connectivity index (χ0v) is 20.8. The number of anilines is 1. The molecule has 2 aliphatic heterocycles. The lowest BCUT2D eigenvalue weighted by molar-refractivity contribution is -0.133. The van der Waals surface area contributed by atoms with Gasteiger partial charge in [0.05, 0.1) is 47.8 Å². The van der Waals surface area contributed by atoms with Crippen LogP contribution in [0, 0.1) is 29.1 Å². The van der Waals surface area contributed by atoms with Crippen molar-refractivity contribution in [2.75, 3.05) is 37.7 Å². The number of piperidine rings is 1. The predicted molar refractivity (Wildman–Crippen MR) is 134 cm³/mol. The van der Waals surface area contributed by atoms with Gasteiger partial charge in [0.2, 0.25) is 11.9 Å². The number of aromatic nitrogens is 2. The van der Waals surface area contributed by atoms with E-state index in [1.54, 1.807) is 12.4 Å². The van der Waals surface area contributed by atoms with Crippen molar-refractivity contribution in [2.24, 2.45) is 17.8 Å². The van der Waals surface area contributed by atoms with E-state index in [0.29, 0.717) is 23.6 Å². The lowest BCUT2D eigenvalue weighted by atomic mass is 9.90. The van der Waals surface area contributed by atoms with Gasteiger partial charge < -0.3 is 14.5 Å². The summed E-state index contributed by atoms with van der Waals surface area (Å²) >= 11 is 5.90. The largest absolute Gasteiger partial charge is 0.498 e. The molecule has 0 N–H and O–H groups in total. The molecule has 2 unspecified atom stereocenters. The topological polar surface area (TPSA) is 82.3 Å². The molecule has 0 radical (unpaired) electrons. The maximum Gasteiger partial charge on any atom is 0.227 e. The summed E-state index contributed by atoms with van der Waals surface area (Å²) in [5, 5.41) is 10.1. The third kappa shape index (κ3) is 5.87. The number of hydrogen-bond acceptors (Lipinski definition) is 6. The third-order valence-electron chi connectivity index (χ3n) is 7.78. The molecule has 35 heavy (non-hydrogen) atoms. The average molecular weight is 494 g/mol. The first-order chi connectivity index (χ1) is 17.1. The summed E-state index contributed by atoms with van der Waals surface area (Å²) in [6.45, 7) is 4.37. The maximum atomic E-state index is 12.3. The summed E-state index contributed by atoms with van der Waals surface area (Å²) in [7, 11) is 0. The molecular weight excluding hydrogens is 462 g/mol. The number of allylic oxidation sites excluding steroid dienone is 4. The van der Waals surface area contributed by atoms with Crippen LogP contribution in [0.3, 0.4) is 0 Å². The first-order valence-electron chi connectivity index (χ1n) is 12.7. The molecule has 2 aliphatic carbocycles. The fourth-order valence-electron chi connectivity index (χ4n) is 5.42. The van der Waals surface area contributed by atoms with Crippen molar-refractivity contribution in [3.63, 3.8) is 0 Å². The summed E-state index contributed by atoms with van der Waals surface area (Å²) in [6, 6.07) is 2.25. The standard InChI is InChI=1S/C27H32ClN5O2/c28-23-17-30-27(31-18-23)33-11-6-19(7-12-33)25-14-21(25)8-13-35-24-4-2-20(22(16-29)3-5-24)15-26(34)32-9-1-10-32/h2-4,17-19,21,25H,1,5-15H2. The minimum absolute atomic E-state index is 0.104. The van der Waals surface area contributed by atoms with Crippen LogP contribution < -0.4 is 4.90 Å². The van der Waals surface area contributed by atoms with Crippen LogP contribution in [0.4, 0.5) is 5.95 Å². The van der Waals surface area contributed by atoms with E-state index in [1.165, 1.54) is 19.3 Å². The highest BCUT2D eigenvalue weighted by atomic mass is 35.5. The van der Waals surface area contributed by atoms with Crippen LogP contribution in [-0.4, -0.2) is 53.6 Å². The van der Waals surface area contributed by atoms with Gasteiger partial charge in [-0.15, -0.1) is 0 Å². The Morgan fingerprint density at radius 1 is 1.17 bits per heavy atom. The van der Waals surface area contributed by atoms with Crippen molar-refractivity contribution in [1.82, 2.24) is 14.9 Å². The second-order valence-electron chi connectivity index (χ2n) is 9.99. The molecular formula is C27H32ClN5O2. The Morgan fingerprint density at radius 2 is 1.94 bits per heavy atom. The molecule has 7 nitrogen and oxygen atoms in total. The second-order valence-corrected chi connectivity index (χ2v) is 10.4. The monoisotopic (exact) mass is 493 g/mol. The molecule has 184 valence electrons. The molecule has 0 bridgehead atoms. The number of rotatable bonds is 8. The van der Waals surface area contributed by atoms with Crippen LogP contribution >= 0.6 is 11.6 Å². The number of ether oxygens (including phenoxy) is 1. The van der Waals surface area contributed by atoms with E-state index >= 15 is 0 Å². The quantitative estimate of drug-likeness (QED) is 0.523. The molecule has 2 atom stereocenters. The fraction of sp³-hybridized carbons (Fsp3) is 0.556. The van der Waals surface area contributed by atoms with Gasteiger partial charge in [0.25, 0.3) is 0 Å². The molecule has 3 heterocycles. The highest BCUT2D eigenvalue weighted by Gasteiger charge is 2.43. The molecule has 0 spiro atoms. The second kappa shape index (κ2) is 10.8. The van der Waals surface area contributed by atoms with Crippen molar-refractivity contribution in [1.29, 1.82) is 5.26 Å². The lowest BCUT2D eigenvalue weighted by Crippen LogP contribution is -2.42. The van der Waals surface area contributed by atoms with Gasteiger partial charge in [0.1, 0.15) is 0 Å². The van der Waals surface area contributed by atoms with Crippen LogP contribution in [0.2, 0.25) is 5.02 Å². The Morgan fingerprint density at radius 3 is 2.63 bits per heavy atom. The molecule has 3 fully saturated rings. The van der Waals surface area contributed by atoms with Gasteiger partial charge in [-0.05, 0) is 61.5 Å². The highest BCUT2D eigenvalue weighted by molar-refractivity contribution is 6.30. The van der Waals surface area contributed by atoms with E-state index in [0.717, 1.165) is 74.1 Å². The predicted octanol–water partition coefficient (Wildman–Crippen LogP) is 4.68. The van der Waals surface area contributed by atoms with Crippen LogP contribution in [0.15, 0.2) is 47.5 Å². The number of amides is 1. The Balaban J connectivity index is 1.05. The molecule has 2 saturated heterocycles. The Hall–Kier alpha value is -2.85. The van der Waals surface area contributed by atoms with Crippen LogP contribution in [0.5, 0.6) is 0 Å². The number of carbonyl (C=O) groups excluding carboxylic acids is 1. The molecule has 8 heteroatoms. The zero-order valence-electron chi connectivity index (χ0n) is 20.0. The van der Waals surface area contributed by atoms with Crippen molar-refractivity contribution in [3.05, 3.63) is 52.5 Å². The first kappa shape index (κ1) is 23.9. The van der Waals surface area contributed by atoms with Gasteiger partial charge in [0, 0.05) is 32.6 Å². The summed E-state index contributed by atoms with van der Waals surface area (Å²) in [5.41, 5.74) is 1.38. The van der Waals surface area contributed by atoms with Gasteiger partial charge in [-0.1, -0.05) is 23.8 Å². The summed E-state index contributed by atoms with van der Waals surface area (Å²) < 4.78 is 6.09. The van der Waals surface area contributed by atoms with Crippen LogP contribution in [0.25, 0.3) is 0 Å². The zero-order chi connectivity index (χ0) is 24.2. The Bertz CT molecular complexity index is 1060. The summed E-state index contributed by atoms with van der Waals surface area (Å²) in [6.07, 6.45) is 15.8. The van der Waals surface area contributed by atoms with E-state index in [1.807, 2.05) is 23.1 Å². The summed E-state index contributed by atoms with van der Waals surface area (Å²) in [4.78, 5) is 25.2. The van der Waals surface area contributed by atoms with Crippen LogP contribution in [0.1, 0.15) is 44.9 Å². The van der Waals surface area contributed by atoms with Gasteiger partial charge in [-0.2, -0.15) is 5.26 Å². The van der Waals surface area contributed by atoms with Crippen molar-refractivity contribution < 1.29 is 9.53 Å². The fourth-order valence-corrected chi connectivity index (χ4v) is 5.52. The minimum atomic E-state index is 0.104. The van der Waals surface area contributed by atoms with Gasteiger partial charge in [0.15, 0.2) is 0 Å². The van der Waals surface area contributed by atoms with E-state index < -0.39 is 0 Å². The van der Waals surface area contributed by atoms with E-state index in [-0.39, 0.29) is 12.3 Å². The molecule has 5 rings (SSSR count). The van der Waals surface area contributed by atoms with Crippen molar-refractivity contribution in [2.45, 2.75) is 44.9 Å². The number of nitriles is 1. The lowest BCUT2D eigenvalue weighted by Gasteiger charge is -2.32. The van der Waals surface area contributed by atoms with E-state index in [2.05, 4.69) is 20.9 Å². The van der Waals surface area contributed by atoms with E-state index in [9.17, 15) is 10.1 Å². The molecule has 4 aliphatic rings. The smallest absolute Gasteiger partial charge is 0.227 e.